The van der Waals surface area contributed by atoms with Crippen molar-refractivity contribution >= 4 is 0 Å². The fourth-order valence-corrected chi connectivity index (χ4v) is 1.40. The Balaban J connectivity index is 2.79. The van der Waals surface area contributed by atoms with E-state index in [-0.39, 0.29) is 0 Å². The highest BCUT2D eigenvalue weighted by Crippen LogP contribution is 2.20. The number of aryl methyl sites for hydroxylation is 1. The predicted octanol–water partition coefficient (Wildman–Crippen LogP) is 2.70. The van der Waals surface area contributed by atoms with Gasteiger partial charge in [-0.05, 0) is 31.0 Å². The first-order chi connectivity index (χ1) is 7.15. The zero-order chi connectivity index (χ0) is 11.3. The van der Waals surface area contributed by atoms with Crippen molar-refractivity contribution in [1.82, 2.24) is 10.3 Å². The number of pyridine rings is 1. The van der Waals surface area contributed by atoms with Gasteiger partial charge in [-0.1, -0.05) is 13.0 Å². The van der Waals surface area contributed by atoms with Gasteiger partial charge in [-0.2, -0.15) is 0 Å². The van der Waals surface area contributed by atoms with Crippen LogP contribution < -0.4 is 5.32 Å². The smallest absolute Gasteiger partial charge is 0.257 e. The molecule has 1 atom stereocenters. The Morgan fingerprint density at radius 1 is 1.40 bits per heavy atom. The number of hydrogen-bond acceptors (Lipinski definition) is 2. The standard InChI is InChI=1S/C11H16F2N2/c1-3-4-15-10(11(12)13)9-5-8(2)6-14-7-9/h5-7,10-11,15H,3-4H2,1-2H3. The van der Waals surface area contributed by atoms with Crippen LogP contribution in [0.5, 0.6) is 0 Å². The van der Waals surface area contributed by atoms with Crippen LogP contribution in [0.1, 0.15) is 30.5 Å². The van der Waals surface area contributed by atoms with Gasteiger partial charge in [0.15, 0.2) is 0 Å². The Hall–Kier alpha value is -1.03. The van der Waals surface area contributed by atoms with Crippen molar-refractivity contribution in [3.8, 4) is 0 Å². The number of nitrogens with zero attached hydrogens (tertiary/aromatic N) is 1. The van der Waals surface area contributed by atoms with E-state index in [0.717, 1.165) is 12.0 Å². The van der Waals surface area contributed by atoms with Crippen LogP contribution in [0.3, 0.4) is 0 Å². The number of aromatic nitrogens is 1. The number of hydrogen-bond donors (Lipinski definition) is 1. The lowest BCUT2D eigenvalue weighted by atomic mass is 10.1. The lowest BCUT2D eigenvalue weighted by molar-refractivity contribution is 0.0983. The normalized spacial score (nSPS) is 13.1. The van der Waals surface area contributed by atoms with E-state index in [4.69, 9.17) is 0 Å². The Kier molecular flexibility index (Phi) is 4.62. The van der Waals surface area contributed by atoms with Crippen LogP contribution in [-0.2, 0) is 0 Å². The molecular weight excluding hydrogens is 198 g/mol. The van der Waals surface area contributed by atoms with E-state index in [9.17, 15) is 8.78 Å². The maximum absolute atomic E-state index is 12.7. The van der Waals surface area contributed by atoms with Gasteiger partial charge in [0, 0.05) is 12.4 Å². The molecule has 1 N–H and O–H groups in total. The van der Waals surface area contributed by atoms with E-state index >= 15 is 0 Å². The molecule has 0 aliphatic rings. The topological polar surface area (TPSA) is 24.9 Å². The van der Waals surface area contributed by atoms with E-state index in [0.29, 0.717) is 12.1 Å². The molecule has 0 amide bonds. The molecule has 1 heterocycles. The summed E-state index contributed by atoms with van der Waals surface area (Å²) in [7, 11) is 0. The molecule has 0 saturated carbocycles. The Labute approximate surface area is 88.7 Å². The van der Waals surface area contributed by atoms with Crippen LogP contribution in [0, 0.1) is 6.92 Å². The quantitative estimate of drug-likeness (QED) is 0.815. The summed E-state index contributed by atoms with van der Waals surface area (Å²) in [5, 5.41) is 2.82. The Morgan fingerprint density at radius 2 is 2.13 bits per heavy atom. The molecule has 2 nitrogen and oxygen atoms in total. The lowest BCUT2D eigenvalue weighted by Crippen LogP contribution is -2.28. The second kappa shape index (κ2) is 5.75. The minimum atomic E-state index is -2.40. The predicted molar refractivity (Wildman–Crippen MR) is 56.0 cm³/mol. The highest BCUT2D eigenvalue weighted by atomic mass is 19.3. The van der Waals surface area contributed by atoms with Gasteiger partial charge in [-0.15, -0.1) is 0 Å². The third-order valence-electron chi connectivity index (χ3n) is 2.12. The summed E-state index contributed by atoms with van der Waals surface area (Å²) in [6.45, 7) is 4.38. The first-order valence-electron chi connectivity index (χ1n) is 5.08. The van der Waals surface area contributed by atoms with Gasteiger partial charge >= 0.3 is 0 Å². The van der Waals surface area contributed by atoms with Crippen molar-refractivity contribution in [2.45, 2.75) is 32.7 Å². The number of nitrogens with one attached hydrogen (secondary N) is 1. The summed E-state index contributed by atoms with van der Waals surface area (Å²) in [6, 6.07) is 0.837. The fourth-order valence-electron chi connectivity index (χ4n) is 1.40. The van der Waals surface area contributed by atoms with Crippen molar-refractivity contribution in [1.29, 1.82) is 0 Å². The molecule has 15 heavy (non-hydrogen) atoms. The second-order valence-electron chi connectivity index (χ2n) is 3.56. The molecule has 0 saturated heterocycles. The van der Waals surface area contributed by atoms with E-state index in [1.165, 1.54) is 6.20 Å². The van der Waals surface area contributed by atoms with E-state index in [1.807, 2.05) is 13.8 Å². The minimum absolute atomic E-state index is 0.554. The molecule has 0 bridgehead atoms. The number of alkyl halides is 2. The minimum Gasteiger partial charge on any atom is -0.305 e. The Morgan fingerprint density at radius 3 is 2.67 bits per heavy atom. The summed E-state index contributed by atoms with van der Waals surface area (Å²) >= 11 is 0. The summed E-state index contributed by atoms with van der Waals surface area (Å²) in [6.07, 6.45) is 1.58. The molecule has 1 unspecified atom stereocenters. The van der Waals surface area contributed by atoms with Crippen LogP contribution in [-0.4, -0.2) is 18.0 Å². The molecule has 84 valence electrons. The summed E-state index contributed by atoms with van der Waals surface area (Å²) in [5.41, 5.74) is 1.45. The van der Waals surface area contributed by atoms with Crippen LogP contribution >= 0.6 is 0 Å². The summed E-state index contributed by atoms with van der Waals surface area (Å²) in [4.78, 5) is 3.92. The van der Waals surface area contributed by atoms with Gasteiger partial charge in [0.2, 0.25) is 0 Å². The molecule has 0 fully saturated rings. The molecule has 1 aromatic rings. The molecule has 1 rings (SSSR count). The van der Waals surface area contributed by atoms with Gasteiger partial charge in [0.25, 0.3) is 6.43 Å². The zero-order valence-electron chi connectivity index (χ0n) is 9.00. The van der Waals surface area contributed by atoms with Crippen molar-refractivity contribution in [3.63, 3.8) is 0 Å². The third-order valence-corrected chi connectivity index (χ3v) is 2.12. The third kappa shape index (κ3) is 3.55. The van der Waals surface area contributed by atoms with E-state index in [1.54, 1.807) is 12.3 Å². The summed E-state index contributed by atoms with van der Waals surface area (Å²) < 4.78 is 25.5. The molecule has 0 radical (unpaired) electrons. The maximum Gasteiger partial charge on any atom is 0.257 e. The van der Waals surface area contributed by atoms with Crippen molar-refractivity contribution < 1.29 is 8.78 Å². The first kappa shape index (κ1) is 12.0. The second-order valence-corrected chi connectivity index (χ2v) is 3.56. The van der Waals surface area contributed by atoms with Crippen LogP contribution in [0.15, 0.2) is 18.5 Å². The van der Waals surface area contributed by atoms with Gasteiger partial charge in [0.1, 0.15) is 0 Å². The van der Waals surface area contributed by atoms with Gasteiger partial charge in [0.05, 0.1) is 6.04 Å². The largest absolute Gasteiger partial charge is 0.305 e. The molecular formula is C11H16F2N2. The number of rotatable bonds is 5. The molecule has 0 aliphatic carbocycles. The molecule has 0 aliphatic heterocycles. The molecule has 0 spiro atoms. The van der Waals surface area contributed by atoms with Gasteiger partial charge < -0.3 is 5.32 Å². The average Bonchev–Trinajstić information content (AvgIpc) is 2.18. The van der Waals surface area contributed by atoms with Crippen molar-refractivity contribution in [2.75, 3.05) is 6.54 Å². The lowest BCUT2D eigenvalue weighted by Gasteiger charge is -2.17. The van der Waals surface area contributed by atoms with Crippen molar-refractivity contribution in [2.24, 2.45) is 0 Å². The van der Waals surface area contributed by atoms with Crippen LogP contribution in [0.4, 0.5) is 8.78 Å². The van der Waals surface area contributed by atoms with Gasteiger partial charge in [-0.25, -0.2) is 8.78 Å². The van der Waals surface area contributed by atoms with Crippen LogP contribution in [0.2, 0.25) is 0 Å². The van der Waals surface area contributed by atoms with E-state index in [2.05, 4.69) is 10.3 Å². The molecule has 1 aromatic heterocycles. The first-order valence-corrected chi connectivity index (χ1v) is 5.08. The fraction of sp³-hybridized carbons (Fsp3) is 0.545. The Bertz CT molecular complexity index is 302. The molecule has 0 aromatic carbocycles. The van der Waals surface area contributed by atoms with Crippen LogP contribution in [0.25, 0.3) is 0 Å². The highest BCUT2D eigenvalue weighted by molar-refractivity contribution is 5.20. The summed E-state index contributed by atoms with van der Waals surface area (Å²) in [5.74, 6) is 0. The maximum atomic E-state index is 12.7. The molecule has 4 heteroatoms. The van der Waals surface area contributed by atoms with Gasteiger partial charge in [-0.3, -0.25) is 4.98 Å². The van der Waals surface area contributed by atoms with E-state index < -0.39 is 12.5 Å². The number of halogens is 2. The highest BCUT2D eigenvalue weighted by Gasteiger charge is 2.21. The average molecular weight is 214 g/mol. The SMILES string of the molecule is CCCNC(c1cncc(C)c1)C(F)F. The zero-order valence-corrected chi connectivity index (χ0v) is 9.00. The monoisotopic (exact) mass is 214 g/mol. The van der Waals surface area contributed by atoms with Crippen molar-refractivity contribution in [3.05, 3.63) is 29.6 Å².